The summed E-state index contributed by atoms with van der Waals surface area (Å²) in [5.74, 6) is -1.12. The van der Waals surface area contributed by atoms with E-state index in [-0.39, 0.29) is 11.3 Å². The number of aromatic nitrogens is 1. The Morgan fingerprint density at radius 2 is 2.19 bits per heavy atom. The van der Waals surface area contributed by atoms with Crippen molar-refractivity contribution in [2.45, 2.75) is 0 Å². The number of nitro benzene ring substituents is 1. The molecular formula is C9H5BrN2O4. The number of benzene rings is 1. The first-order valence-corrected chi connectivity index (χ1v) is 4.90. The molecule has 0 aliphatic heterocycles. The molecule has 0 amide bonds. The highest BCUT2D eigenvalue weighted by Gasteiger charge is 2.16. The second-order valence-electron chi connectivity index (χ2n) is 3.12. The number of halogens is 1. The Morgan fingerprint density at radius 3 is 2.75 bits per heavy atom. The number of non-ortho nitro benzene ring substituents is 1. The lowest BCUT2D eigenvalue weighted by atomic mass is 10.1. The van der Waals surface area contributed by atoms with Crippen LogP contribution in [-0.4, -0.2) is 19.6 Å². The Balaban J connectivity index is 2.79. The van der Waals surface area contributed by atoms with Gasteiger partial charge in [0.1, 0.15) is 0 Å². The number of fused-ring (bicyclic) bond motifs is 1. The fraction of sp³-hybridized carbons (Fsp3) is 0. The lowest BCUT2D eigenvalue weighted by molar-refractivity contribution is -0.384. The maximum atomic E-state index is 10.9. The summed E-state index contributed by atoms with van der Waals surface area (Å²) in [4.78, 5) is 20.9. The fourth-order valence-corrected chi connectivity index (χ4v) is 1.98. The van der Waals surface area contributed by atoms with Gasteiger partial charge >= 0.3 is 5.97 Å². The highest BCUT2D eigenvalue weighted by atomic mass is 79.9. The van der Waals surface area contributed by atoms with Crippen molar-refractivity contribution in [1.29, 1.82) is 0 Å². The summed E-state index contributed by atoms with van der Waals surface area (Å²) in [7, 11) is 0. The molecule has 1 N–H and O–H groups in total. The number of rotatable bonds is 2. The molecule has 0 radical (unpaired) electrons. The van der Waals surface area contributed by atoms with Gasteiger partial charge in [0, 0.05) is 23.7 Å². The molecule has 0 atom stereocenters. The normalized spacial score (nSPS) is 10.6. The van der Waals surface area contributed by atoms with E-state index in [4.69, 9.17) is 5.11 Å². The number of carboxylic acids is 1. The highest BCUT2D eigenvalue weighted by Crippen LogP contribution is 2.27. The van der Waals surface area contributed by atoms with Crippen LogP contribution in [0.15, 0.2) is 24.4 Å². The monoisotopic (exact) mass is 284 g/mol. The zero-order valence-electron chi connectivity index (χ0n) is 7.75. The van der Waals surface area contributed by atoms with Crippen molar-refractivity contribution >= 4 is 38.7 Å². The van der Waals surface area contributed by atoms with Gasteiger partial charge in [-0.3, -0.25) is 13.7 Å². The molecule has 1 aromatic carbocycles. The Bertz CT molecular complexity index is 605. The van der Waals surface area contributed by atoms with E-state index >= 15 is 0 Å². The number of aromatic carboxylic acids is 1. The van der Waals surface area contributed by atoms with Gasteiger partial charge < -0.3 is 5.11 Å². The molecule has 16 heavy (non-hydrogen) atoms. The third kappa shape index (κ3) is 1.54. The van der Waals surface area contributed by atoms with Gasteiger partial charge in [-0.25, -0.2) is 4.79 Å². The molecule has 1 heterocycles. The van der Waals surface area contributed by atoms with Gasteiger partial charge in [-0.15, -0.1) is 0 Å². The summed E-state index contributed by atoms with van der Waals surface area (Å²) >= 11 is 3.13. The van der Waals surface area contributed by atoms with Crippen LogP contribution in [0, 0.1) is 10.1 Å². The van der Waals surface area contributed by atoms with Gasteiger partial charge in [-0.05, 0) is 6.07 Å². The number of carbonyl (C=O) groups is 1. The lowest BCUT2D eigenvalue weighted by Gasteiger charge is -1.94. The van der Waals surface area contributed by atoms with E-state index in [2.05, 4.69) is 16.1 Å². The predicted molar refractivity (Wildman–Crippen MR) is 59.9 cm³/mol. The summed E-state index contributed by atoms with van der Waals surface area (Å²) in [5, 5.41) is 19.8. The molecule has 1 aromatic heterocycles. The molecule has 0 unspecified atom stereocenters. The molecule has 0 spiro atoms. The van der Waals surface area contributed by atoms with Crippen LogP contribution in [0.25, 0.3) is 10.9 Å². The fourth-order valence-electron chi connectivity index (χ4n) is 1.46. The molecule has 82 valence electrons. The molecule has 0 aliphatic carbocycles. The second-order valence-corrected chi connectivity index (χ2v) is 3.88. The quantitative estimate of drug-likeness (QED) is 0.678. The Kier molecular flexibility index (Phi) is 2.39. The second kappa shape index (κ2) is 3.60. The smallest absolute Gasteiger partial charge is 0.337 e. The molecule has 0 saturated carbocycles. The van der Waals surface area contributed by atoms with Crippen LogP contribution in [0.5, 0.6) is 0 Å². The van der Waals surface area contributed by atoms with Gasteiger partial charge in [0.15, 0.2) is 0 Å². The van der Waals surface area contributed by atoms with Crippen molar-refractivity contribution in [3.63, 3.8) is 0 Å². The van der Waals surface area contributed by atoms with Crippen molar-refractivity contribution in [3.8, 4) is 0 Å². The maximum absolute atomic E-state index is 10.9. The van der Waals surface area contributed by atoms with E-state index in [0.29, 0.717) is 10.9 Å². The maximum Gasteiger partial charge on any atom is 0.337 e. The lowest BCUT2D eigenvalue weighted by Crippen LogP contribution is -1.94. The average molecular weight is 285 g/mol. The predicted octanol–water partition coefficient (Wildman–Crippen LogP) is 2.41. The third-order valence-electron chi connectivity index (χ3n) is 2.18. The van der Waals surface area contributed by atoms with Gasteiger partial charge in [0.25, 0.3) is 5.69 Å². The first-order chi connectivity index (χ1) is 7.50. The number of nitro groups is 1. The summed E-state index contributed by atoms with van der Waals surface area (Å²) in [6.45, 7) is 0. The summed E-state index contributed by atoms with van der Waals surface area (Å²) < 4.78 is 1.44. The van der Waals surface area contributed by atoms with E-state index < -0.39 is 10.9 Å². The van der Waals surface area contributed by atoms with E-state index in [1.165, 1.54) is 28.0 Å². The van der Waals surface area contributed by atoms with Crippen LogP contribution in [0.1, 0.15) is 10.4 Å². The van der Waals surface area contributed by atoms with Gasteiger partial charge in [-0.1, -0.05) is 0 Å². The number of hydrogen-bond donors (Lipinski definition) is 1. The van der Waals surface area contributed by atoms with Crippen LogP contribution >= 0.6 is 16.1 Å². The zero-order chi connectivity index (χ0) is 11.9. The van der Waals surface area contributed by atoms with Crippen LogP contribution < -0.4 is 0 Å². The van der Waals surface area contributed by atoms with E-state index in [1.807, 2.05) is 0 Å². The topological polar surface area (TPSA) is 85.4 Å². The zero-order valence-corrected chi connectivity index (χ0v) is 9.34. The molecule has 0 bridgehead atoms. The third-order valence-corrected chi connectivity index (χ3v) is 2.77. The Labute approximate surface area is 97.6 Å². The minimum absolute atomic E-state index is 0.0237. The van der Waals surface area contributed by atoms with Crippen LogP contribution in [0.2, 0.25) is 0 Å². The Morgan fingerprint density at radius 1 is 1.50 bits per heavy atom. The number of carboxylic acid groups (broad SMARTS) is 1. The number of hydrogen-bond acceptors (Lipinski definition) is 3. The van der Waals surface area contributed by atoms with Crippen LogP contribution in [0.3, 0.4) is 0 Å². The van der Waals surface area contributed by atoms with Gasteiger partial charge in [0.05, 0.1) is 32.2 Å². The summed E-state index contributed by atoms with van der Waals surface area (Å²) in [6, 6.07) is 4.07. The SMILES string of the molecule is O=C(O)c1cn(Br)c2ccc([N+](=O)[O-])cc12. The Hall–Kier alpha value is -1.89. The minimum atomic E-state index is -1.12. The largest absolute Gasteiger partial charge is 0.478 e. The molecule has 2 rings (SSSR count). The first kappa shape index (κ1) is 10.6. The standard InChI is InChI=1S/C9H5BrN2O4/c10-11-4-7(9(13)14)6-3-5(12(15)16)1-2-8(6)11/h1-4H,(H,13,14). The number of nitrogens with zero attached hydrogens (tertiary/aromatic N) is 2. The molecule has 7 heteroatoms. The molecule has 0 fully saturated rings. The van der Waals surface area contributed by atoms with E-state index in [0.717, 1.165) is 0 Å². The van der Waals surface area contributed by atoms with Crippen LogP contribution in [0.4, 0.5) is 5.69 Å². The van der Waals surface area contributed by atoms with Crippen molar-refractivity contribution in [2.75, 3.05) is 0 Å². The van der Waals surface area contributed by atoms with Crippen molar-refractivity contribution in [3.05, 3.63) is 40.1 Å². The molecule has 0 aliphatic rings. The van der Waals surface area contributed by atoms with Crippen molar-refractivity contribution < 1.29 is 14.8 Å². The van der Waals surface area contributed by atoms with Gasteiger partial charge in [-0.2, -0.15) is 0 Å². The summed E-state index contributed by atoms with van der Waals surface area (Å²) in [5.41, 5.74) is 0.465. The first-order valence-electron chi connectivity index (χ1n) is 4.19. The molecule has 0 saturated heterocycles. The van der Waals surface area contributed by atoms with Crippen molar-refractivity contribution in [1.82, 2.24) is 3.59 Å². The average Bonchev–Trinajstić information content (AvgIpc) is 2.56. The highest BCUT2D eigenvalue weighted by molar-refractivity contribution is 9.08. The minimum Gasteiger partial charge on any atom is -0.478 e. The molecule has 2 aromatic rings. The molecular weight excluding hydrogens is 280 g/mol. The summed E-state index contributed by atoms with van der Waals surface area (Å²) in [6.07, 6.45) is 1.36. The van der Waals surface area contributed by atoms with Crippen molar-refractivity contribution in [2.24, 2.45) is 0 Å². The van der Waals surface area contributed by atoms with E-state index in [1.54, 1.807) is 0 Å². The van der Waals surface area contributed by atoms with Gasteiger partial charge in [0.2, 0.25) is 0 Å². The van der Waals surface area contributed by atoms with Crippen LogP contribution in [-0.2, 0) is 0 Å². The van der Waals surface area contributed by atoms with E-state index in [9.17, 15) is 14.9 Å². The molecule has 6 nitrogen and oxygen atoms in total.